The topological polar surface area (TPSA) is 43.8 Å². The van der Waals surface area contributed by atoms with Crippen LogP contribution in [-0.4, -0.2) is 40.4 Å². The van der Waals surface area contributed by atoms with Gasteiger partial charge in [0.25, 0.3) is 0 Å². The van der Waals surface area contributed by atoms with Gasteiger partial charge in [0, 0.05) is 20.1 Å². The Kier molecular flexibility index (Phi) is 5.16. The highest BCUT2D eigenvalue weighted by Crippen LogP contribution is 2.22. The molecule has 1 saturated heterocycles. The Bertz CT molecular complexity index is 687. The summed E-state index contributed by atoms with van der Waals surface area (Å²) in [6, 6.07) is 17.3. The molecule has 0 bridgehead atoms. The van der Waals surface area contributed by atoms with E-state index in [9.17, 15) is 9.90 Å². The van der Waals surface area contributed by atoms with E-state index >= 15 is 0 Å². The number of hydrogen-bond donors (Lipinski definition) is 1. The van der Waals surface area contributed by atoms with Crippen LogP contribution in [-0.2, 0) is 17.9 Å². The number of benzene rings is 2. The fourth-order valence-electron chi connectivity index (χ4n) is 3.37. The number of carbonyl (C=O) groups excluding carboxylic acids is 1. The van der Waals surface area contributed by atoms with Crippen LogP contribution in [0.2, 0.25) is 0 Å². The van der Waals surface area contributed by atoms with Crippen LogP contribution in [0.1, 0.15) is 24.0 Å². The SMILES string of the molecule is CN(Cc1cccc(O)c1)C(=O)C1CCCN1Cc1ccccc1. The van der Waals surface area contributed by atoms with Crippen LogP contribution in [0.3, 0.4) is 0 Å². The number of likely N-dealkylation sites (N-methyl/N-ethyl adjacent to an activating group) is 1. The molecule has 3 rings (SSSR count). The van der Waals surface area contributed by atoms with Crippen LogP contribution < -0.4 is 0 Å². The summed E-state index contributed by atoms with van der Waals surface area (Å²) in [6.45, 7) is 2.30. The van der Waals surface area contributed by atoms with Crippen molar-refractivity contribution in [2.75, 3.05) is 13.6 Å². The maximum atomic E-state index is 12.9. The summed E-state index contributed by atoms with van der Waals surface area (Å²) in [5.74, 6) is 0.395. The number of phenols is 1. The fourth-order valence-corrected chi connectivity index (χ4v) is 3.37. The van der Waals surface area contributed by atoms with E-state index in [2.05, 4.69) is 17.0 Å². The second-order valence-corrected chi connectivity index (χ2v) is 6.48. The van der Waals surface area contributed by atoms with Gasteiger partial charge in [-0.05, 0) is 42.6 Å². The van der Waals surface area contributed by atoms with Crippen molar-refractivity contribution >= 4 is 5.91 Å². The van der Waals surface area contributed by atoms with E-state index in [1.807, 2.05) is 31.3 Å². The summed E-state index contributed by atoms with van der Waals surface area (Å²) >= 11 is 0. The van der Waals surface area contributed by atoms with E-state index in [-0.39, 0.29) is 17.7 Å². The molecule has 1 amide bonds. The zero-order valence-electron chi connectivity index (χ0n) is 14.1. The Morgan fingerprint density at radius 2 is 1.92 bits per heavy atom. The molecular formula is C20H24N2O2. The van der Waals surface area contributed by atoms with Crippen LogP contribution in [0.25, 0.3) is 0 Å². The summed E-state index contributed by atoms with van der Waals surface area (Å²) in [5.41, 5.74) is 2.19. The normalized spacial score (nSPS) is 17.8. The maximum absolute atomic E-state index is 12.9. The van der Waals surface area contributed by atoms with Gasteiger partial charge in [0.05, 0.1) is 6.04 Å². The quantitative estimate of drug-likeness (QED) is 0.919. The molecule has 2 aromatic rings. The zero-order chi connectivity index (χ0) is 16.9. The molecule has 0 aliphatic carbocycles. The van der Waals surface area contributed by atoms with Gasteiger partial charge >= 0.3 is 0 Å². The van der Waals surface area contributed by atoms with Gasteiger partial charge in [0.1, 0.15) is 5.75 Å². The average molecular weight is 324 g/mol. The number of rotatable bonds is 5. The third-order valence-electron chi connectivity index (χ3n) is 4.58. The van der Waals surface area contributed by atoms with Gasteiger partial charge < -0.3 is 10.0 Å². The minimum absolute atomic E-state index is 0.0486. The van der Waals surface area contributed by atoms with E-state index < -0.39 is 0 Å². The standard InChI is InChI=1S/C20H24N2O2/c1-21(14-17-9-5-10-18(23)13-17)20(24)19-11-6-12-22(19)15-16-7-3-2-4-8-16/h2-5,7-10,13,19,23H,6,11-12,14-15H2,1H3. The molecule has 1 fully saturated rings. The van der Waals surface area contributed by atoms with Crippen molar-refractivity contribution in [3.63, 3.8) is 0 Å². The monoisotopic (exact) mass is 324 g/mol. The van der Waals surface area contributed by atoms with Crippen LogP contribution in [0.4, 0.5) is 0 Å². The smallest absolute Gasteiger partial charge is 0.239 e. The number of hydrogen-bond acceptors (Lipinski definition) is 3. The summed E-state index contributed by atoms with van der Waals surface area (Å²) in [6.07, 6.45) is 1.97. The molecule has 2 aromatic carbocycles. The number of phenolic OH excluding ortho intramolecular Hbond substituents is 1. The van der Waals surface area contributed by atoms with Crippen molar-refractivity contribution in [1.82, 2.24) is 9.80 Å². The summed E-state index contributed by atoms with van der Waals surface area (Å²) in [7, 11) is 1.84. The van der Waals surface area contributed by atoms with Crippen molar-refractivity contribution in [3.05, 3.63) is 65.7 Å². The van der Waals surface area contributed by atoms with E-state index in [0.29, 0.717) is 6.54 Å². The van der Waals surface area contributed by atoms with Crippen LogP contribution >= 0.6 is 0 Å². The molecular weight excluding hydrogens is 300 g/mol. The van der Waals surface area contributed by atoms with Crippen molar-refractivity contribution < 1.29 is 9.90 Å². The molecule has 1 heterocycles. The Balaban J connectivity index is 1.64. The number of carbonyl (C=O) groups is 1. The summed E-state index contributed by atoms with van der Waals surface area (Å²) < 4.78 is 0. The molecule has 4 nitrogen and oxygen atoms in total. The molecule has 0 aromatic heterocycles. The molecule has 0 spiro atoms. The van der Waals surface area contributed by atoms with Crippen LogP contribution in [0.15, 0.2) is 54.6 Å². The molecule has 0 saturated carbocycles. The molecule has 1 aliphatic heterocycles. The zero-order valence-corrected chi connectivity index (χ0v) is 14.1. The largest absolute Gasteiger partial charge is 0.508 e. The highest BCUT2D eigenvalue weighted by molar-refractivity contribution is 5.82. The molecule has 1 N–H and O–H groups in total. The van der Waals surface area contributed by atoms with Gasteiger partial charge in [-0.25, -0.2) is 0 Å². The van der Waals surface area contributed by atoms with E-state index in [1.165, 1.54) is 5.56 Å². The van der Waals surface area contributed by atoms with Crippen molar-refractivity contribution in [2.24, 2.45) is 0 Å². The van der Waals surface area contributed by atoms with Gasteiger partial charge in [0.15, 0.2) is 0 Å². The minimum Gasteiger partial charge on any atom is -0.508 e. The second kappa shape index (κ2) is 7.49. The predicted molar refractivity (Wildman–Crippen MR) is 94.5 cm³/mol. The third-order valence-corrected chi connectivity index (χ3v) is 4.58. The average Bonchev–Trinajstić information content (AvgIpc) is 3.03. The first-order chi connectivity index (χ1) is 11.6. The molecule has 1 aliphatic rings. The Labute approximate surface area is 143 Å². The van der Waals surface area contributed by atoms with Crippen molar-refractivity contribution in [1.29, 1.82) is 0 Å². The maximum Gasteiger partial charge on any atom is 0.239 e. The first kappa shape index (κ1) is 16.5. The first-order valence-electron chi connectivity index (χ1n) is 8.44. The summed E-state index contributed by atoms with van der Waals surface area (Å²) in [4.78, 5) is 16.9. The minimum atomic E-state index is -0.0486. The van der Waals surface area contributed by atoms with Crippen LogP contribution in [0, 0.1) is 0 Å². The molecule has 1 unspecified atom stereocenters. The van der Waals surface area contributed by atoms with E-state index in [4.69, 9.17) is 0 Å². The van der Waals surface area contributed by atoms with Gasteiger partial charge in [-0.1, -0.05) is 42.5 Å². The molecule has 4 heteroatoms. The molecule has 126 valence electrons. The van der Waals surface area contributed by atoms with Crippen molar-refractivity contribution in [2.45, 2.75) is 32.0 Å². The van der Waals surface area contributed by atoms with Gasteiger partial charge in [-0.15, -0.1) is 0 Å². The van der Waals surface area contributed by atoms with Gasteiger partial charge in [-0.2, -0.15) is 0 Å². The number of nitrogens with zero attached hydrogens (tertiary/aromatic N) is 2. The number of aromatic hydroxyl groups is 1. The van der Waals surface area contributed by atoms with Gasteiger partial charge in [0.2, 0.25) is 5.91 Å². The lowest BCUT2D eigenvalue weighted by Gasteiger charge is -2.28. The predicted octanol–water partition coefficient (Wildman–Crippen LogP) is 3.02. The summed E-state index contributed by atoms with van der Waals surface area (Å²) in [5, 5.41) is 9.57. The van der Waals surface area contributed by atoms with E-state index in [1.54, 1.807) is 23.1 Å². The van der Waals surface area contributed by atoms with Crippen molar-refractivity contribution in [3.8, 4) is 5.75 Å². The third kappa shape index (κ3) is 3.95. The number of likely N-dealkylation sites (tertiary alicyclic amines) is 1. The lowest BCUT2D eigenvalue weighted by atomic mass is 10.1. The highest BCUT2D eigenvalue weighted by atomic mass is 16.3. The van der Waals surface area contributed by atoms with Gasteiger partial charge in [-0.3, -0.25) is 9.69 Å². The lowest BCUT2D eigenvalue weighted by Crippen LogP contribution is -2.43. The second-order valence-electron chi connectivity index (χ2n) is 6.48. The Hall–Kier alpha value is -2.33. The fraction of sp³-hybridized carbons (Fsp3) is 0.350. The van der Waals surface area contributed by atoms with Crippen LogP contribution in [0.5, 0.6) is 5.75 Å². The first-order valence-corrected chi connectivity index (χ1v) is 8.44. The highest BCUT2D eigenvalue weighted by Gasteiger charge is 2.32. The molecule has 1 atom stereocenters. The van der Waals surface area contributed by atoms with E-state index in [0.717, 1.165) is 31.5 Å². The Morgan fingerprint density at radius 1 is 1.17 bits per heavy atom. The lowest BCUT2D eigenvalue weighted by molar-refractivity contribution is -0.135. The Morgan fingerprint density at radius 3 is 2.67 bits per heavy atom. The molecule has 24 heavy (non-hydrogen) atoms. The molecule has 0 radical (unpaired) electrons. The number of amides is 1.